The third-order valence-corrected chi connectivity index (χ3v) is 0.331. The summed E-state index contributed by atoms with van der Waals surface area (Å²) in [6, 6.07) is 0. The summed E-state index contributed by atoms with van der Waals surface area (Å²) < 4.78 is 6.67. The molecule has 3 nitrogen and oxygen atoms in total. The van der Waals surface area contributed by atoms with Gasteiger partial charge in [0.05, 0.1) is 0 Å². The molecule has 0 spiro atoms. The van der Waals surface area contributed by atoms with E-state index in [9.17, 15) is 0 Å². The van der Waals surface area contributed by atoms with Gasteiger partial charge in [0, 0.05) is 5.10 Å². The van der Waals surface area contributed by atoms with Crippen molar-refractivity contribution in [3.8, 4) is 0 Å². The molecule has 0 radical (unpaired) electrons. The van der Waals surface area contributed by atoms with Gasteiger partial charge < -0.3 is 0 Å². The number of aromatic nitrogens is 3. The van der Waals surface area contributed by atoms with Gasteiger partial charge in [0.2, 0.25) is 6.20 Å². The third-order valence-electron chi connectivity index (χ3n) is 0.331. The molecule has 0 aromatic carbocycles. The van der Waals surface area contributed by atoms with Crippen LogP contribution in [0.25, 0.3) is 0 Å². The van der Waals surface area contributed by atoms with Crippen LogP contribution < -0.4 is 5.09 Å². The van der Waals surface area contributed by atoms with E-state index < -0.39 is 0 Å². The Kier molecular flexibility index (Phi) is 0.259. The lowest BCUT2D eigenvalue weighted by Gasteiger charge is -1.39. The van der Waals surface area contributed by atoms with Crippen molar-refractivity contribution >= 4 is 0 Å². The Bertz CT molecular complexity index is 112. The number of aromatic amines is 2. The number of hydrogen-bond donors (Lipinski definition) is 1. The Morgan fingerprint density at radius 2 is 3.20 bits per heavy atom. The minimum Gasteiger partial charge on any atom is -0.177 e. The predicted molar refractivity (Wildman–Crippen MR) is 15.1 cm³/mol. The molecule has 0 bridgehead atoms. The highest BCUT2D eigenvalue weighted by atomic mass is 15.3. The Labute approximate surface area is 30.5 Å². The van der Waals surface area contributed by atoms with E-state index in [4.69, 9.17) is 1.41 Å². The Hall–Kier alpha value is -0.860. The first-order chi connectivity index (χ1) is 2.89. The van der Waals surface area contributed by atoms with Gasteiger partial charge in [-0.3, -0.25) is 0 Å². The predicted octanol–water partition coefficient (Wildman–Crippen LogP) is -0.776. The van der Waals surface area contributed by atoms with Crippen LogP contribution in [0, 0.1) is 0 Å². The molecule has 0 saturated carbocycles. The highest BCUT2D eigenvalue weighted by molar-refractivity contribution is 4.45. The summed E-state index contributed by atoms with van der Waals surface area (Å²) in [6.45, 7) is 0. The smallest absolute Gasteiger partial charge is 0.177 e. The second kappa shape index (κ2) is 0.839. The van der Waals surface area contributed by atoms with Crippen LogP contribution in [0.1, 0.15) is 0 Å². The second-order valence-electron chi connectivity index (χ2n) is 0.656. The minimum atomic E-state index is 1.01. The summed E-state index contributed by atoms with van der Waals surface area (Å²) in [7, 11) is 0. The summed E-state index contributed by atoms with van der Waals surface area (Å²) in [4.78, 5) is 0. The third kappa shape index (κ3) is 0.238. The van der Waals surface area contributed by atoms with Gasteiger partial charge in [0.15, 0.2) is 6.20 Å². The van der Waals surface area contributed by atoms with Crippen LogP contribution in [0.15, 0.2) is 12.4 Å². The van der Waals surface area contributed by atoms with Crippen molar-refractivity contribution in [3.05, 3.63) is 12.4 Å². The van der Waals surface area contributed by atoms with Crippen LogP contribution in [0.5, 0.6) is 0 Å². The SMILES string of the molecule is [2H][n+]1ccn[nH]1. The molecule has 5 heavy (non-hydrogen) atoms. The van der Waals surface area contributed by atoms with Crippen LogP contribution in [0.3, 0.4) is 0 Å². The summed E-state index contributed by atoms with van der Waals surface area (Å²) in [6.07, 6.45) is 3.01. The molecule has 1 aromatic heterocycles. The van der Waals surface area contributed by atoms with Gasteiger partial charge in [-0.2, -0.15) is 5.09 Å². The number of hydrogen-bond acceptors (Lipinski definition) is 1. The number of nitrogens with one attached hydrogen (secondary N) is 2. The van der Waals surface area contributed by atoms with E-state index in [0.717, 1.165) is 5.09 Å². The van der Waals surface area contributed by atoms with E-state index in [1.807, 2.05) is 0 Å². The van der Waals surface area contributed by atoms with Crippen molar-refractivity contribution in [2.24, 2.45) is 0 Å². The molecule has 0 unspecified atom stereocenters. The van der Waals surface area contributed by atoms with E-state index in [1.165, 1.54) is 12.4 Å². The van der Waals surface area contributed by atoms with E-state index in [0.29, 0.717) is 0 Å². The molecule has 1 aromatic rings. The minimum absolute atomic E-state index is 1.01. The van der Waals surface area contributed by atoms with E-state index in [2.05, 4.69) is 10.3 Å². The van der Waals surface area contributed by atoms with E-state index in [-0.39, 0.29) is 0 Å². The Morgan fingerprint density at radius 1 is 2.20 bits per heavy atom. The highest BCUT2D eigenvalue weighted by Crippen LogP contribution is 1.47. The maximum absolute atomic E-state index is 6.67. The highest BCUT2D eigenvalue weighted by Gasteiger charge is 1.68. The maximum atomic E-state index is 6.67. The Balaban J connectivity index is 3.05. The largest absolute Gasteiger partial charge is 0.339 e. The van der Waals surface area contributed by atoms with Gasteiger partial charge in [0.1, 0.15) is 0 Å². The van der Waals surface area contributed by atoms with Gasteiger partial charge in [-0.1, -0.05) is 5.21 Å². The second-order valence-corrected chi connectivity index (χ2v) is 0.656. The van der Waals surface area contributed by atoms with Gasteiger partial charge in [-0.15, -0.1) is 0 Å². The van der Waals surface area contributed by atoms with Crippen molar-refractivity contribution in [3.63, 3.8) is 0 Å². The summed E-state index contributed by atoms with van der Waals surface area (Å²) >= 11 is 0. The Morgan fingerprint density at radius 3 is 3.40 bits per heavy atom. The normalized spacial score (nSPS) is 10.8. The standard InChI is InChI=1S/C2H3N3/c1-2-4-5-3-1/h1-2H,(H,3,4,5)/p+1/i/hD. The molecule has 2 N–H and O–H groups in total. The summed E-state index contributed by atoms with van der Waals surface area (Å²) in [5.41, 5.74) is 0. The first-order valence-electron chi connectivity index (χ1n) is 1.74. The van der Waals surface area contributed by atoms with Crippen LogP contribution in [0.2, 0.25) is 1.41 Å². The van der Waals surface area contributed by atoms with Crippen molar-refractivity contribution in [2.45, 2.75) is 0 Å². The first kappa shape index (κ1) is 1.55. The summed E-state index contributed by atoms with van der Waals surface area (Å²) in [5, 5.41) is 6.82. The average Bonchev–Trinajstić information content (AvgIpc) is 1.86. The van der Waals surface area contributed by atoms with Crippen molar-refractivity contribution in [1.82, 2.24) is 10.3 Å². The molecular formula is C2H4N3+. The van der Waals surface area contributed by atoms with Crippen molar-refractivity contribution in [1.29, 1.82) is 0 Å². The monoisotopic (exact) mass is 71.0 g/mol. The molecule has 0 saturated heterocycles. The molecule has 0 atom stereocenters. The number of H-pyrrole nitrogens is 2. The quantitative estimate of drug-likeness (QED) is 0.428. The van der Waals surface area contributed by atoms with Crippen LogP contribution in [-0.4, -0.2) is 10.3 Å². The fraction of sp³-hybridized carbons (Fsp3) is 0. The summed E-state index contributed by atoms with van der Waals surface area (Å²) in [5.74, 6) is 0. The lowest BCUT2D eigenvalue weighted by atomic mass is 11.0. The average molecular weight is 71.1 g/mol. The van der Waals surface area contributed by atoms with Gasteiger partial charge >= 0.3 is 1.41 Å². The number of nitrogens with zero attached hydrogens (tertiary/aromatic N) is 1. The van der Waals surface area contributed by atoms with E-state index >= 15 is 0 Å². The van der Waals surface area contributed by atoms with Gasteiger partial charge in [0.25, 0.3) is 0 Å². The fourth-order valence-electron chi connectivity index (χ4n) is 0.167. The zero-order valence-corrected chi connectivity index (χ0v) is 2.55. The fourth-order valence-corrected chi connectivity index (χ4v) is 0.167. The lowest BCUT2D eigenvalue weighted by molar-refractivity contribution is -0.454. The molecule has 1 heterocycles. The molecule has 0 amide bonds. The van der Waals surface area contributed by atoms with Crippen LogP contribution in [-0.2, 0) is 0 Å². The van der Waals surface area contributed by atoms with Crippen molar-refractivity contribution in [2.75, 3.05) is 0 Å². The van der Waals surface area contributed by atoms with Crippen molar-refractivity contribution < 1.29 is 6.50 Å². The zero-order chi connectivity index (χ0) is 4.41. The number of rotatable bonds is 0. The van der Waals surface area contributed by atoms with E-state index in [1.54, 1.807) is 0 Å². The van der Waals surface area contributed by atoms with Crippen LogP contribution in [0.4, 0.5) is 0 Å². The van der Waals surface area contributed by atoms with Gasteiger partial charge in [-0.25, -0.2) is 0 Å². The first-order valence-corrected chi connectivity index (χ1v) is 1.30. The maximum Gasteiger partial charge on any atom is 0.339 e. The molecule has 0 aliphatic carbocycles. The molecule has 26 valence electrons. The lowest BCUT2D eigenvalue weighted by Crippen LogP contribution is -1.97. The molecule has 0 aliphatic rings. The molecular weight excluding hydrogens is 66.0 g/mol. The topological polar surface area (TPSA) is 42.8 Å². The molecule has 3 heteroatoms. The molecule has 0 aliphatic heterocycles. The molecule has 0 fully saturated rings. The molecule has 1 rings (SSSR count). The van der Waals surface area contributed by atoms with Gasteiger partial charge in [-0.05, 0) is 0 Å². The zero-order valence-electron chi connectivity index (χ0n) is 3.55. The van der Waals surface area contributed by atoms with Crippen LogP contribution >= 0.6 is 0 Å².